The maximum absolute atomic E-state index is 11.8. The Morgan fingerprint density at radius 1 is 1.07 bits per heavy atom. The Morgan fingerprint density at radius 2 is 1.75 bits per heavy atom. The molecule has 2 aromatic rings. The molecule has 7 nitrogen and oxygen atoms in total. The van der Waals surface area contributed by atoms with Crippen LogP contribution in [-0.2, 0) is 0 Å². The average Bonchev–Trinajstić information content (AvgIpc) is 2.72. The number of carbonyl (C=O) groups is 1. The number of methoxy groups -OCH3 is 3. The lowest BCUT2D eigenvalue weighted by molar-refractivity contribution is 0.0690. The number of ether oxygens (including phenoxy) is 3. The van der Waals surface area contributed by atoms with Crippen LogP contribution in [0, 0.1) is 0 Å². The molecule has 0 spiro atoms. The van der Waals surface area contributed by atoms with Gasteiger partial charge in [-0.05, 0) is 24.1 Å². The fourth-order valence-electron chi connectivity index (χ4n) is 2.74. The van der Waals surface area contributed by atoms with Crippen LogP contribution in [-0.4, -0.2) is 48.1 Å². The quantitative estimate of drug-likeness (QED) is 0.330. The van der Waals surface area contributed by atoms with Crippen molar-refractivity contribution < 1.29 is 24.1 Å². The van der Waals surface area contributed by atoms with Crippen LogP contribution in [0.4, 0.5) is 0 Å². The number of hydrogen-bond donors (Lipinski definition) is 1. The third-order valence-electron chi connectivity index (χ3n) is 4.17. The molecule has 1 aromatic carbocycles. The van der Waals surface area contributed by atoms with Gasteiger partial charge in [0.2, 0.25) is 5.75 Å². The number of nitrogens with zero attached hydrogens (tertiary/aromatic N) is 2. The van der Waals surface area contributed by atoms with Gasteiger partial charge in [0.1, 0.15) is 0 Å². The van der Waals surface area contributed by atoms with Crippen LogP contribution >= 0.6 is 11.8 Å². The fourth-order valence-corrected chi connectivity index (χ4v) is 3.55. The first-order valence-corrected chi connectivity index (χ1v) is 10.1. The summed E-state index contributed by atoms with van der Waals surface area (Å²) in [6.07, 6.45) is 6.11. The Labute approximate surface area is 169 Å². The van der Waals surface area contributed by atoms with Crippen molar-refractivity contribution in [2.24, 2.45) is 0 Å². The van der Waals surface area contributed by atoms with E-state index in [0.29, 0.717) is 33.5 Å². The van der Waals surface area contributed by atoms with E-state index in [0.717, 1.165) is 18.6 Å². The summed E-state index contributed by atoms with van der Waals surface area (Å²) in [5, 5.41) is 10.1. The van der Waals surface area contributed by atoms with Crippen LogP contribution in [0.15, 0.2) is 23.5 Å². The van der Waals surface area contributed by atoms with Gasteiger partial charge >= 0.3 is 5.97 Å². The van der Waals surface area contributed by atoms with Crippen molar-refractivity contribution in [2.75, 3.05) is 27.1 Å². The molecule has 0 atom stereocenters. The Bertz CT molecular complexity index is 788. The molecule has 0 bridgehead atoms. The van der Waals surface area contributed by atoms with Crippen LogP contribution < -0.4 is 14.2 Å². The first-order chi connectivity index (χ1) is 13.5. The Hall–Kier alpha value is -2.48. The van der Waals surface area contributed by atoms with Gasteiger partial charge in [0.25, 0.3) is 0 Å². The maximum Gasteiger partial charge on any atom is 0.355 e. The largest absolute Gasteiger partial charge is 0.493 e. The number of hydrogen-bond acceptors (Lipinski definition) is 7. The second-order valence-electron chi connectivity index (χ2n) is 6.04. The molecule has 1 heterocycles. The van der Waals surface area contributed by atoms with Gasteiger partial charge in [-0.15, -0.1) is 0 Å². The van der Waals surface area contributed by atoms with E-state index >= 15 is 0 Å². The molecule has 0 fully saturated rings. The van der Waals surface area contributed by atoms with Gasteiger partial charge < -0.3 is 19.3 Å². The molecule has 0 unspecified atom stereocenters. The van der Waals surface area contributed by atoms with E-state index in [4.69, 9.17) is 14.2 Å². The fraction of sp³-hybridized carbons (Fsp3) is 0.450. The number of unbranched alkanes of at least 4 members (excludes halogenated alkanes) is 3. The molecule has 1 aromatic heterocycles. The minimum Gasteiger partial charge on any atom is -0.493 e. The summed E-state index contributed by atoms with van der Waals surface area (Å²) in [5.41, 5.74) is 0.911. The molecule has 0 aliphatic heterocycles. The van der Waals surface area contributed by atoms with Gasteiger partial charge in [-0.2, -0.15) is 0 Å². The van der Waals surface area contributed by atoms with Crippen LogP contribution in [0.25, 0.3) is 11.1 Å². The summed E-state index contributed by atoms with van der Waals surface area (Å²) in [5.74, 6) is 1.05. The highest BCUT2D eigenvalue weighted by Gasteiger charge is 2.20. The normalized spacial score (nSPS) is 10.6. The molecule has 0 saturated carbocycles. The Morgan fingerprint density at radius 3 is 2.29 bits per heavy atom. The zero-order valence-electron chi connectivity index (χ0n) is 16.7. The molecule has 0 aliphatic rings. The van der Waals surface area contributed by atoms with Gasteiger partial charge in [-0.1, -0.05) is 37.9 Å². The lowest BCUT2D eigenvalue weighted by Gasteiger charge is -2.15. The highest BCUT2D eigenvalue weighted by atomic mass is 32.2. The SMILES string of the molecule is CCCCCCSc1ncc(-c2cc(OC)c(OC)c(OC)c2)c(C(=O)O)n1. The number of carboxylic acid groups (broad SMARTS) is 1. The monoisotopic (exact) mass is 406 g/mol. The summed E-state index contributed by atoms with van der Waals surface area (Å²) >= 11 is 1.47. The zero-order chi connectivity index (χ0) is 20.5. The maximum atomic E-state index is 11.8. The molecule has 0 saturated heterocycles. The zero-order valence-corrected chi connectivity index (χ0v) is 17.5. The molecule has 0 aliphatic carbocycles. The summed E-state index contributed by atoms with van der Waals surface area (Å²) in [7, 11) is 4.53. The van der Waals surface area contributed by atoms with Crippen LogP contribution in [0.2, 0.25) is 0 Å². The van der Waals surface area contributed by atoms with E-state index < -0.39 is 5.97 Å². The minimum atomic E-state index is -1.11. The number of carboxylic acids is 1. The molecule has 0 amide bonds. The van der Waals surface area contributed by atoms with E-state index in [1.165, 1.54) is 52.1 Å². The average molecular weight is 407 g/mol. The Balaban J connectivity index is 2.36. The Kier molecular flexibility index (Phi) is 8.38. The van der Waals surface area contributed by atoms with Crippen LogP contribution in [0.3, 0.4) is 0 Å². The van der Waals surface area contributed by atoms with E-state index in [1.54, 1.807) is 12.1 Å². The van der Waals surface area contributed by atoms with Gasteiger partial charge in [-0.3, -0.25) is 0 Å². The third-order valence-corrected chi connectivity index (χ3v) is 5.12. The van der Waals surface area contributed by atoms with Gasteiger partial charge in [0, 0.05) is 17.5 Å². The molecule has 8 heteroatoms. The summed E-state index contributed by atoms with van der Waals surface area (Å²) in [6.45, 7) is 2.16. The molecule has 0 radical (unpaired) electrons. The third kappa shape index (κ3) is 5.28. The predicted octanol–water partition coefficient (Wildman–Crippen LogP) is 4.54. The van der Waals surface area contributed by atoms with E-state index in [2.05, 4.69) is 16.9 Å². The summed E-state index contributed by atoms with van der Waals surface area (Å²) in [6, 6.07) is 3.37. The van der Waals surface area contributed by atoms with Crippen molar-refractivity contribution >= 4 is 17.7 Å². The number of aromatic carboxylic acids is 1. The van der Waals surface area contributed by atoms with Gasteiger partial charge in [0.15, 0.2) is 22.3 Å². The first kappa shape index (κ1) is 21.8. The molecule has 2 rings (SSSR count). The number of thioether (sulfide) groups is 1. The first-order valence-electron chi connectivity index (χ1n) is 9.09. The second kappa shape index (κ2) is 10.8. The molecular formula is C20H26N2O5S. The van der Waals surface area contributed by atoms with Crippen molar-refractivity contribution in [3.05, 3.63) is 24.0 Å². The van der Waals surface area contributed by atoms with Crippen molar-refractivity contribution in [2.45, 2.75) is 37.8 Å². The lowest BCUT2D eigenvalue weighted by Crippen LogP contribution is -2.06. The molecular weight excluding hydrogens is 380 g/mol. The number of rotatable bonds is 11. The molecule has 1 N–H and O–H groups in total. The van der Waals surface area contributed by atoms with E-state index in [-0.39, 0.29) is 5.69 Å². The predicted molar refractivity (Wildman–Crippen MR) is 109 cm³/mol. The second-order valence-corrected chi connectivity index (χ2v) is 7.11. The number of aromatic nitrogens is 2. The summed E-state index contributed by atoms with van der Waals surface area (Å²) in [4.78, 5) is 20.4. The summed E-state index contributed by atoms with van der Waals surface area (Å²) < 4.78 is 16.0. The smallest absolute Gasteiger partial charge is 0.355 e. The van der Waals surface area contributed by atoms with Crippen LogP contribution in [0.5, 0.6) is 17.2 Å². The highest BCUT2D eigenvalue weighted by molar-refractivity contribution is 7.99. The lowest BCUT2D eigenvalue weighted by atomic mass is 10.0. The topological polar surface area (TPSA) is 90.8 Å². The molecule has 28 heavy (non-hydrogen) atoms. The van der Waals surface area contributed by atoms with Gasteiger partial charge in [-0.25, -0.2) is 14.8 Å². The highest BCUT2D eigenvalue weighted by Crippen LogP contribution is 2.41. The van der Waals surface area contributed by atoms with Crippen molar-refractivity contribution in [3.8, 4) is 28.4 Å². The van der Waals surface area contributed by atoms with Crippen molar-refractivity contribution in [3.63, 3.8) is 0 Å². The van der Waals surface area contributed by atoms with Crippen molar-refractivity contribution in [1.29, 1.82) is 0 Å². The van der Waals surface area contributed by atoms with Crippen LogP contribution in [0.1, 0.15) is 43.1 Å². The van der Waals surface area contributed by atoms with Crippen molar-refractivity contribution in [1.82, 2.24) is 9.97 Å². The minimum absolute atomic E-state index is 0.0552. The standard InChI is InChI=1S/C20H26N2O5S/c1-5-6-7-8-9-28-20-21-12-14(17(22-20)19(23)24)13-10-15(25-2)18(27-4)16(11-13)26-3/h10-12H,5-9H2,1-4H3,(H,23,24). The van der Waals surface area contributed by atoms with E-state index in [1.807, 2.05) is 0 Å². The number of benzene rings is 1. The van der Waals surface area contributed by atoms with E-state index in [9.17, 15) is 9.90 Å². The molecule has 152 valence electrons. The van der Waals surface area contributed by atoms with Gasteiger partial charge in [0.05, 0.1) is 21.3 Å².